The van der Waals surface area contributed by atoms with Crippen molar-refractivity contribution in [3.05, 3.63) is 35.9 Å². The summed E-state index contributed by atoms with van der Waals surface area (Å²) < 4.78 is 0. The second-order valence-electron chi connectivity index (χ2n) is 5.81. The molecule has 4 nitrogen and oxygen atoms in total. The van der Waals surface area contributed by atoms with Gasteiger partial charge in [-0.15, -0.1) is 0 Å². The Bertz CT molecular complexity index is 514. The summed E-state index contributed by atoms with van der Waals surface area (Å²) in [6.45, 7) is 0. The number of rotatable bonds is 3. The van der Waals surface area contributed by atoms with Crippen LogP contribution >= 0.6 is 0 Å². The highest BCUT2D eigenvalue weighted by atomic mass is 16.4. The SMILES string of the molecule is O=C(O)[C@@H]1C[C@@H]2CCC[C@@H]2N1C(=O)Cc1ccccc1. The molecule has 1 saturated heterocycles. The first kappa shape index (κ1) is 13.2. The van der Waals surface area contributed by atoms with Crippen molar-refractivity contribution in [3.8, 4) is 0 Å². The molecule has 1 N–H and O–H groups in total. The van der Waals surface area contributed by atoms with Gasteiger partial charge in [-0.1, -0.05) is 36.8 Å². The van der Waals surface area contributed by atoms with Crippen LogP contribution in [0.5, 0.6) is 0 Å². The van der Waals surface area contributed by atoms with E-state index in [9.17, 15) is 14.7 Å². The average molecular weight is 273 g/mol. The zero-order chi connectivity index (χ0) is 14.1. The van der Waals surface area contributed by atoms with Gasteiger partial charge in [-0.3, -0.25) is 4.79 Å². The lowest BCUT2D eigenvalue weighted by molar-refractivity contribution is -0.149. The molecular weight excluding hydrogens is 254 g/mol. The fourth-order valence-electron chi connectivity index (χ4n) is 3.73. The number of benzene rings is 1. The second-order valence-corrected chi connectivity index (χ2v) is 5.81. The van der Waals surface area contributed by atoms with E-state index in [0.717, 1.165) is 24.8 Å². The predicted octanol–water partition coefficient (Wildman–Crippen LogP) is 2.08. The number of carboxylic acid groups (broad SMARTS) is 1. The third-order valence-corrected chi connectivity index (χ3v) is 4.61. The van der Waals surface area contributed by atoms with Crippen LogP contribution in [-0.2, 0) is 16.0 Å². The zero-order valence-electron chi connectivity index (χ0n) is 11.4. The van der Waals surface area contributed by atoms with Crippen LogP contribution in [0.2, 0.25) is 0 Å². The van der Waals surface area contributed by atoms with E-state index in [0.29, 0.717) is 18.8 Å². The summed E-state index contributed by atoms with van der Waals surface area (Å²) in [5.41, 5.74) is 0.947. The normalized spacial score (nSPS) is 28.4. The van der Waals surface area contributed by atoms with Crippen molar-refractivity contribution in [3.63, 3.8) is 0 Å². The molecule has 1 saturated carbocycles. The Morgan fingerprint density at radius 2 is 1.95 bits per heavy atom. The Morgan fingerprint density at radius 3 is 2.65 bits per heavy atom. The maximum atomic E-state index is 12.5. The topological polar surface area (TPSA) is 57.6 Å². The van der Waals surface area contributed by atoms with Crippen LogP contribution in [0.25, 0.3) is 0 Å². The van der Waals surface area contributed by atoms with Crippen LogP contribution in [0, 0.1) is 5.92 Å². The van der Waals surface area contributed by atoms with Gasteiger partial charge in [0.2, 0.25) is 5.91 Å². The summed E-state index contributed by atoms with van der Waals surface area (Å²) in [6, 6.07) is 9.07. The monoisotopic (exact) mass is 273 g/mol. The van der Waals surface area contributed by atoms with Crippen molar-refractivity contribution in [2.75, 3.05) is 0 Å². The highest BCUT2D eigenvalue weighted by Gasteiger charge is 2.48. The zero-order valence-corrected chi connectivity index (χ0v) is 11.4. The van der Waals surface area contributed by atoms with E-state index in [1.807, 2.05) is 30.3 Å². The van der Waals surface area contributed by atoms with Gasteiger partial charge in [0.05, 0.1) is 6.42 Å². The second kappa shape index (κ2) is 5.27. The molecule has 0 aromatic heterocycles. The van der Waals surface area contributed by atoms with Gasteiger partial charge in [0, 0.05) is 6.04 Å². The summed E-state index contributed by atoms with van der Waals surface area (Å²) in [5.74, 6) is -0.519. The standard InChI is InChI=1S/C16H19NO3/c18-15(9-11-5-2-1-3-6-11)17-13-8-4-7-12(13)10-14(17)16(19)20/h1-3,5-6,12-14H,4,7-10H2,(H,19,20)/t12-,13-,14-/m0/s1. The molecular formula is C16H19NO3. The number of aliphatic carboxylic acids is 1. The highest BCUT2D eigenvalue weighted by molar-refractivity contribution is 5.86. The molecule has 4 heteroatoms. The van der Waals surface area contributed by atoms with E-state index in [-0.39, 0.29) is 11.9 Å². The Morgan fingerprint density at radius 1 is 1.20 bits per heavy atom. The average Bonchev–Trinajstić information content (AvgIpc) is 2.99. The first-order chi connectivity index (χ1) is 9.66. The Balaban J connectivity index is 1.78. The van der Waals surface area contributed by atoms with Crippen LogP contribution in [0.1, 0.15) is 31.2 Å². The molecule has 1 aliphatic carbocycles. The molecule has 0 spiro atoms. The largest absolute Gasteiger partial charge is 0.480 e. The molecule has 2 aliphatic rings. The van der Waals surface area contributed by atoms with Gasteiger partial charge < -0.3 is 10.0 Å². The van der Waals surface area contributed by atoms with Gasteiger partial charge in [0.15, 0.2) is 0 Å². The van der Waals surface area contributed by atoms with Crippen molar-refractivity contribution in [2.24, 2.45) is 5.92 Å². The summed E-state index contributed by atoms with van der Waals surface area (Å²) in [5, 5.41) is 9.36. The molecule has 106 valence electrons. The quantitative estimate of drug-likeness (QED) is 0.917. The fourth-order valence-corrected chi connectivity index (χ4v) is 3.73. The van der Waals surface area contributed by atoms with Gasteiger partial charge in [0.1, 0.15) is 6.04 Å². The maximum absolute atomic E-state index is 12.5. The Kier molecular flexibility index (Phi) is 3.47. The van der Waals surface area contributed by atoms with Gasteiger partial charge >= 0.3 is 5.97 Å². The predicted molar refractivity (Wildman–Crippen MR) is 74.2 cm³/mol. The number of hydrogen-bond donors (Lipinski definition) is 1. The number of hydrogen-bond acceptors (Lipinski definition) is 2. The van der Waals surface area contributed by atoms with Crippen LogP contribution < -0.4 is 0 Å². The Labute approximate surface area is 118 Å². The molecule has 0 unspecified atom stereocenters. The van der Waals surface area contributed by atoms with E-state index in [2.05, 4.69) is 0 Å². The third-order valence-electron chi connectivity index (χ3n) is 4.61. The van der Waals surface area contributed by atoms with E-state index in [1.165, 1.54) is 0 Å². The van der Waals surface area contributed by atoms with E-state index in [4.69, 9.17) is 0 Å². The van der Waals surface area contributed by atoms with E-state index in [1.54, 1.807) is 4.90 Å². The van der Waals surface area contributed by atoms with Crippen LogP contribution in [0.3, 0.4) is 0 Å². The van der Waals surface area contributed by atoms with Crippen molar-refractivity contribution in [1.82, 2.24) is 4.90 Å². The fraction of sp³-hybridized carbons (Fsp3) is 0.500. The number of fused-ring (bicyclic) bond motifs is 1. The molecule has 0 radical (unpaired) electrons. The van der Waals surface area contributed by atoms with Crippen molar-refractivity contribution in [1.29, 1.82) is 0 Å². The molecule has 1 aromatic carbocycles. The Hall–Kier alpha value is -1.84. The molecule has 2 fully saturated rings. The van der Waals surface area contributed by atoms with E-state index >= 15 is 0 Å². The van der Waals surface area contributed by atoms with Crippen molar-refractivity contribution >= 4 is 11.9 Å². The highest BCUT2D eigenvalue weighted by Crippen LogP contribution is 2.41. The molecule has 1 amide bonds. The van der Waals surface area contributed by atoms with Crippen molar-refractivity contribution < 1.29 is 14.7 Å². The molecule has 1 heterocycles. The van der Waals surface area contributed by atoms with Crippen LogP contribution in [-0.4, -0.2) is 34.0 Å². The summed E-state index contributed by atoms with van der Waals surface area (Å²) in [4.78, 5) is 25.6. The lowest BCUT2D eigenvalue weighted by Gasteiger charge is -2.27. The van der Waals surface area contributed by atoms with Gasteiger partial charge in [-0.05, 0) is 30.7 Å². The molecule has 3 rings (SSSR count). The third kappa shape index (κ3) is 2.30. The van der Waals surface area contributed by atoms with Crippen LogP contribution in [0.15, 0.2) is 30.3 Å². The number of carboxylic acids is 1. The first-order valence-electron chi connectivity index (χ1n) is 7.24. The van der Waals surface area contributed by atoms with Crippen LogP contribution in [0.4, 0.5) is 0 Å². The van der Waals surface area contributed by atoms with Gasteiger partial charge in [-0.2, -0.15) is 0 Å². The maximum Gasteiger partial charge on any atom is 0.326 e. The number of likely N-dealkylation sites (tertiary alicyclic amines) is 1. The molecule has 3 atom stereocenters. The van der Waals surface area contributed by atoms with Gasteiger partial charge in [0.25, 0.3) is 0 Å². The lowest BCUT2D eigenvalue weighted by Crippen LogP contribution is -2.45. The summed E-state index contributed by atoms with van der Waals surface area (Å²) in [7, 11) is 0. The number of carbonyl (C=O) groups is 2. The summed E-state index contributed by atoms with van der Waals surface area (Å²) >= 11 is 0. The first-order valence-corrected chi connectivity index (χ1v) is 7.24. The smallest absolute Gasteiger partial charge is 0.326 e. The number of amides is 1. The minimum Gasteiger partial charge on any atom is -0.480 e. The molecule has 20 heavy (non-hydrogen) atoms. The molecule has 0 bridgehead atoms. The molecule has 1 aliphatic heterocycles. The minimum atomic E-state index is -0.860. The number of carbonyl (C=O) groups excluding carboxylic acids is 1. The van der Waals surface area contributed by atoms with Gasteiger partial charge in [-0.25, -0.2) is 4.79 Å². The molecule has 1 aromatic rings. The number of nitrogens with zero attached hydrogens (tertiary/aromatic N) is 1. The van der Waals surface area contributed by atoms with Crippen molar-refractivity contribution in [2.45, 2.75) is 44.2 Å². The minimum absolute atomic E-state index is 0.0435. The summed E-state index contributed by atoms with van der Waals surface area (Å²) in [6.07, 6.45) is 4.05. The lowest BCUT2D eigenvalue weighted by atomic mass is 10.0. The van der Waals surface area contributed by atoms with E-state index < -0.39 is 12.0 Å².